The Kier molecular flexibility index (Phi) is 2.99. The molecule has 2 N–H and O–H groups in total. The maximum absolute atomic E-state index is 12.2. The van der Waals surface area contributed by atoms with Crippen LogP contribution in [0, 0.1) is 11.8 Å². The molecule has 4 heteroatoms. The summed E-state index contributed by atoms with van der Waals surface area (Å²) in [4.78, 5) is 12.2. The average Bonchev–Trinajstić information content (AvgIpc) is 2.60. The van der Waals surface area contributed by atoms with Gasteiger partial charge in [0.05, 0.1) is 11.8 Å². The summed E-state index contributed by atoms with van der Waals surface area (Å²) in [5.74, 6) is 1.58. The number of aromatic nitrogens is 2. The van der Waals surface area contributed by atoms with Gasteiger partial charge in [-0.25, -0.2) is 0 Å². The zero-order valence-corrected chi connectivity index (χ0v) is 9.94. The standard InChI is InChI=1S/C12H19N3O/c1-8-3-5-9(6-4-8)11(16)10-7-14-15(2)12(10)13/h7-9H,3-6,13H2,1-2H3. The Morgan fingerprint density at radius 2 is 2.06 bits per heavy atom. The highest BCUT2D eigenvalue weighted by Crippen LogP contribution is 2.31. The molecule has 1 saturated carbocycles. The first-order valence-corrected chi connectivity index (χ1v) is 5.91. The predicted molar refractivity (Wildman–Crippen MR) is 63.1 cm³/mol. The first-order chi connectivity index (χ1) is 7.59. The minimum atomic E-state index is 0.155. The molecule has 1 heterocycles. The summed E-state index contributed by atoms with van der Waals surface area (Å²) in [6, 6.07) is 0. The number of aryl methyl sites for hydroxylation is 1. The highest BCUT2D eigenvalue weighted by Gasteiger charge is 2.27. The van der Waals surface area contributed by atoms with Crippen molar-refractivity contribution in [2.75, 3.05) is 5.73 Å². The third-order valence-corrected chi connectivity index (χ3v) is 3.64. The second-order valence-electron chi connectivity index (χ2n) is 4.89. The lowest BCUT2D eigenvalue weighted by atomic mass is 9.79. The van der Waals surface area contributed by atoms with Crippen LogP contribution in [0.1, 0.15) is 43.0 Å². The molecule has 16 heavy (non-hydrogen) atoms. The van der Waals surface area contributed by atoms with Gasteiger partial charge in [0.25, 0.3) is 0 Å². The van der Waals surface area contributed by atoms with Crippen LogP contribution in [0.2, 0.25) is 0 Å². The van der Waals surface area contributed by atoms with Crippen LogP contribution in [0.5, 0.6) is 0 Å². The number of nitrogens with zero attached hydrogens (tertiary/aromatic N) is 2. The molecule has 2 rings (SSSR count). The van der Waals surface area contributed by atoms with Crippen LogP contribution >= 0.6 is 0 Å². The predicted octanol–water partition coefficient (Wildman–Crippen LogP) is 2.01. The van der Waals surface area contributed by atoms with Gasteiger partial charge in [-0.15, -0.1) is 0 Å². The van der Waals surface area contributed by atoms with Crippen LogP contribution in [-0.4, -0.2) is 15.6 Å². The van der Waals surface area contributed by atoms with Gasteiger partial charge >= 0.3 is 0 Å². The zero-order valence-electron chi connectivity index (χ0n) is 9.94. The molecule has 1 fully saturated rings. The molecule has 0 unspecified atom stereocenters. The van der Waals surface area contributed by atoms with Crippen molar-refractivity contribution in [2.45, 2.75) is 32.6 Å². The Labute approximate surface area is 95.8 Å². The zero-order chi connectivity index (χ0) is 11.7. The van der Waals surface area contributed by atoms with E-state index in [0.29, 0.717) is 11.4 Å². The van der Waals surface area contributed by atoms with Gasteiger partial charge in [-0.2, -0.15) is 5.10 Å². The number of hydrogen-bond acceptors (Lipinski definition) is 3. The molecular weight excluding hydrogens is 202 g/mol. The quantitative estimate of drug-likeness (QED) is 0.777. The molecule has 88 valence electrons. The summed E-state index contributed by atoms with van der Waals surface area (Å²) in [5.41, 5.74) is 6.42. The Balaban J connectivity index is 2.11. The van der Waals surface area contributed by atoms with E-state index < -0.39 is 0 Å². The number of nitrogens with two attached hydrogens (primary N) is 1. The Morgan fingerprint density at radius 1 is 1.44 bits per heavy atom. The molecule has 0 radical (unpaired) electrons. The van der Waals surface area contributed by atoms with Gasteiger partial charge in [0.1, 0.15) is 5.82 Å². The maximum atomic E-state index is 12.2. The third kappa shape index (κ3) is 1.96. The topological polar surface area (TPSA) is 60.9 Å². The normalized spacial score (nSPS) is 25.6. The van der Waals surface area contributed by atoms with E-state index in [1.54, 1.807) is 17.9 Å². The number of anilines is 1. The van der Waals surface area contributed by atoms with Gasteiger partial charge in [0, 0.05) is 13.0 Å². The van der Waals surface area contributed by atoms with Crippen LogP contribution in [0.4, 0.5) is 5.82 Å². The average molecular weight is 221 g/mol. The number of hydrogen-bond donors (Lipinski definition) is 1. The van der Waals surface area contributed by atoms with Crippen molar-refractivity contribution in [3.8, 4) is 0 Å². The summed E-state index contributed by atoms with van der Waals surface area (Å²) >= 11 is 0. The molecule has 0 atom stereocenters. The smallest absolute Gasteiger partial charge is 0.171 e. The Bertz CT molecular complexity index is 389. The van der Waals surface area contributed by atoms with Crippen molar-refractivity contribution >= 4 is 11.6 Å². The first kappa shape index (κ1) is 11.2. The van der Waals surface area contributed by atoms with E-state index in [1.165, 1.54) is 0 Å². The van der Waals surface area contributed by atoms with E-state index in [9.17, 15) is 4.79 Å². The van der Waals surface area contributed by atoms with Crippen LogP contribution in [0.3, 0.4) is 0 Å². The van der Waals surface area contributed by atoms with Gasteiger partial charge in [-0.05, 0) is 18.8 Å². The van der Waals surface area contributed by atoms with Crippen molar-refractivity contribution in [1.82, 2.24) is 9.78 Å². The van der Waals surface area contributed by atoms with E-state index in [4.69, 9.17) is 5.73 Å². The molecular formula is C12H19N3O. The molecule has 1 aromatic heterocycles. The van der Waals surface area contributed by atoms with Crippen LogP contribution in [0.25, 0.3) is 0 Å². The molecule has 4 nitrogen and oxygen atoms in total. The lowest BCUT2D eigenvalue weighted by Gasteiger charge is -2.24. The second kappa shape index (κ2) is 4.28. The summed E-state index contributed by atoms with van der Waals surface area (Å²) in [5, 5.41) is 4.02. The summed E-state index contributed by atoms with van der Waals surface area (Å²) in [6.07, 6.45) is 5.88. The van der Waals surface area contributed by atoms with Crippen molar-refractivity contribution in [2.24, 2.45) is 18.9 Å². The lowest BCUT2D eigenvalue weighted by molar-refractivity contribution is 0.0876. The number of Topliss-reactive ketones (excluding diaryl/α,β-unsaturated/α-hetero) is 1. The van der Waals surface area contributed by atoms with Crippen LogP contribution in [-0.2, 0) is 7.05 Å². The van der Waals surface area contributed by atoms with Gasteiger partial charge < -0.3 is 5.73 Å². The van der Waals surface area contributed by atoms with E-state index in [1.807, 2.05) is 0 Å². The van der Waals surface area contributed by atoms with E-state index in [0.717, 1.165) is 31.6 Å². The van der Waals surface area contributed by atoms with Crippen molar-refractivity contribution in [3.63, 3.8) is 0 Å². The van der Waals surface area contributed by atoms with E-state index in [2.05, 4.69) is 12.0 Å². The fourth-order valence-corrected chi connectivity index (χ4v) is 2.38. The van der Waals surface area contributed by atoms with Gasteiger partial charge in [0.15, 0.2) is 5.78 Å². The number of rotatable bonds is 2. The molecule has 0 saturated heterocycles. The number of ketones is 1. The Hall–Kier alpha value is -1.32. The highest BCUT2D eigenvalue weighted by molar-refractivity contribution is 6.01. The second-order valence-corrected chi connectivity index (χ2v) is 4.89. The van der Waals surface area contributed by atoms with Crippen LogP contribution in [0.15, 0.2) is 6.20 Å². The summed E-state index contributed by atoms with van der Waals surface area (Å²) in [6.45, 7) is 2.25. The molecule has 1 aliphatic rings. The molecule has 1 aromatic rings. The Morgan fingerprint density at radius 3 is 2.56 bits per heavy atom. The molecule has 0 aromatic carbocycles. The fraction of sp³-hybridized carbons (Fsp3) is 0.667. The summed E-state index contributed by atoms with van der Waals surface area (Å²) < 4.78 is 1.55. The van der Waals surface area contributed by atoms with Crippen LogP contribution < -0.4 is 5.73 Å². The molecule has 0 aliphatic heterocycles. The van der Waals surface area contributed by atoms with Gasteiger partial charge in [0.2, 0.25) is 0 Å². The number of nitrogen functional groups attached to an aromatic ring is 1. The minimum absolute atomic E-state index is 0.155. The monoisotopic (exact) mass is 221 g/mol. The molecule has 0 spiro atoms. The lowest BCUT2D eigenvalue weighted by Crippen LogP contribution is -2.21. The van der Waals surface area contributed by atoms with Crippen molar-refractivity contribution < 1.29 is 4.79 Å². The SMILES string of the molecule is CC1CCC(C(=O)c2cnn(C)c2N)CC1. The van der Waals surface area contributed by atoms with Gasteiger partial charge in [-0.3, -0.25) is 9.48 Å². The number of carbonyl (C=O) groups is 1. The highest BCUT2D eigenvalue weighted by atomic mass is 16.1. The molecule has 1 aliphatic carbocycles. The largest absolute Gasteiger partial charge is 0.383 e. The third-order valence-electron chi connectivity index (χ3n) is 3.64. The number of carbonyl (C=O) groups excluding carboxylic acids is 1. The van der Waals surface area contributed by atoms with Crippen molar-refractivity contribution in [3.05, 3.63) is 11.8 Å². The first-order valence-electron chi connectivity index (χ1n) is 5.91. The van der Waals surface area contributed by atoms with Crippen molar-refractivity contribution in [1.29, 1.82) is 0 Å². The fourth-order valence-electron chi connectivity index (χ4n) is 2.38. The van der Waals surface area contributed by atoms with E-state index in [-0.39, 0.29) is 11.7 Å². The molecule has 0 bridgehead atoms. The maximum Gasteiger partial charge on any atom is 0.171 e. The van der Waals surface area contributed by atoms with E-state index >= 15 is 0 Å². The molecule has 0 amide bonds. The summed E-state index contributed by atoms with van der Waals surface area (Å²) in [7, 11) is 1.76. The van der Waals surface area contributed by atoms with Gasteiger partial charge in [-0.1, -0.05) is 19.8 Å². The minimum Gasteiger partial charge on any atom is -0.383 e.